The van der Waals surface area contributed by atoms with Gasteiger partial charge in [0.15, 0.2) is 0 Å². The molecule has 0 spiro atoms. The summed E-state index contributed by atoms with van der Waals surface area (Å²) in [5.74, 6) is 0.387. The fraction of sp³-hybridized carbons (Fsp3) is 0.167. The van der Waals surface area contributed by atoms with Crippen molar-refractivity contribution in [3.8, 4) is 5.75 Å². The Kier molecular flexibility index (Phi) is 5.39. The van der Waals surface area contributed by atoms with Crippen LogP contribution in [0, 0.1) is 0 Å². The summed E-state index contributed by atoms with van der Waals surface area (Å²) in [6.45, 7) is 0. The van der Waals surface area contributed by atoms with Crippen molar-refractivity contribution in [2.45, 2.75) is 18.9 Å². The lowest BCUT2D eigenvalue weighted by molar-refractivity contribution is -0.148. The summed E-state index contributed by atoms with van der Waals surface area (Å²) in [5.41, 5.74) is 9.50. The summed E-state index contributed by atoms with van der Waals surface area (Å²) in [5, 5.41) is 0. The number of methoxy groups -OCH3 is 1. The quantitative estimate of drug-likeness (QED) is 0.660. The maximum absolute atomic E-state index is 12.7. The van der Waals surface area contributed by atoms with E-state index in [9.17, 15) is 9.59 Å². The van der Waals surface area contributed by atoms with E-state index in [4.69, 9.17) is 15.2 Å². The normalized spacial score (nSPS) is 14.8. The fourth-order valence-electron chi connectivity index (χ4n) is 3.76. The topological polar surface area (TPSA) is 81.9 Å². The third kappa shape index (κ3) is 3.85. The van der Waals surface area contributed by atoms with Gasteiger partial charge in [0.2, 0.25) is 0 Å². The molecule has 0 bridgehead atoms. The second-order valence-electron chi connectivity index (χ2n) is 7.07. The summed E-state index contributed by atoms with van der Waals surface area (Å²) in [6.07, 6.45) is 0.0623. The summed E-state index contributed by atoms with van der Waals surface area (Å²) in [7, 11) is 1.60. The largest absolute Gasteiger partial charge is 0.497 e. The number of hydrogen-bond acceptors (Lipinski definition) is 4. The number of carbonyl (C=O) groups is 2. The molecule has 0 saturated carbocycles. The molecule has 0 aromatic heterocycles. The molecule has 0 aliphatic carbocycles. The number of esters is 1. The molecule has 1 aliphatic rings. The number of ether oxygens (including phenoxy) is 2. The molecule has 1 aliphatic heterocycles. The molecule has 6 nitrogen and oxygen atoms in total. The number of primary amides is 1. The van der Waals surface area contributed by atoms with Crippen LogP contribution in [0.3, 0.4) is 0 Å². The molecule has 2 N–H and O–H groups in total. The SMILES string of the molecule is COc1ccc(CC(=O)O[C@H]2Cc3ccccc3N(C(N)=O)c3ccccc32)cc1. The zero-order valence-corrected chi connectivity index (χ0v) is 16.6. The van der Waals surface area contributed by atoms with Crippen molar-refractivity contribution in [1.82, 2.24) is 0 Å². The van der Waals surface area contributed by atoms with Crippen molar-refractivity contribution in [2.75, 3.05) is 12.0 Å². The molecule has 0 unspecified atom stereocenters. The molecule has 152 valence electrons. The number of nitrogens with zero attached hydrogens (tertiary/aromatic N) is 1. The molecule has 1 heterocycles. The Bertz CT molecular complexity index is 1080. The molecule has 0 radical (unpaired) electrons. The zero-order valence-electron chi connectivity index (χ0n) is 16.6. The van der Waals surface area contributed by atoms with E-state index >= 15 is 0 Å². The first-order valence-corrected chi connectivity index (χ1v) is 9.65. The molecule has 30 heavy (non-hydrogen) atoms. The molecule has 0 fully saturated rings. The number of urea groups is 1. The Morgan fingerprint density at radius 3 is 2.33 bits per heavy atom. The van der Waals surface area contributed by atoms with Crippen LogP contribution in [0.15, 0.2) is 72.8 Å². The van der Waals surface area contributed by atoms with Crippen LogP contribution in [0.5, 0.6) is 5.75 Å². The Morgan fingerprint density at radius 1 is 0.967 bits per heavy atom. The minimum absolute atomic E-state index is 0.143. The highest BCUT2D eigenvalue weighted by atomic mass is 16.5. The van der Waals surface area contributed by atoms with Crippen molar-refractivity contribution in [1.29, 1.82) is 0 Å². The van der Waals surface area contributed by atoms with Gasteiger partial charge in [-0.2, -0.15) is 0 Å². The molecule has 0 saturated heterocycles. The summed E-state index contributed by atoms with van der Waals surface area (Å²) >= 11 is 0. The molecular formula is C24H22N2O4. The maximum Gasteiger partial charge on any atom is 0.323 e. The Balaban J connectivity index is 1.64. The van der Waals surface area contributed by atoms with E-state index in [1.807, 2.05) is 72.8 Å². The van der Waals surface area contributed by atoms with Crippen LogP contribution in [0.1, 0.15) is 22.8 Å². The lowest BCUT2D eigenvalue weighted by Crippen LogP contribution is -2.32. The minimum Gasteiger partial charge on any atom is -0.497 e. The number of nitrogens with two attached hydrogens (primary N) is 1. The molecule has 3 aromatic rings. The second kappa shape index (κ2) is 8.29. The van der Waals surface area contributed by atoms with Crippen LogP contribution in [-0.4, -0.2) is 19.1 Å². The first-order valence-electron chi connectivity index (χ1n) is 9.65. The van der Waals surface area contributed by atoms with E-state index in [0.29, 0.717) is 17.8 Å². The van der Waals surface area contributed by atoms with Crippen LogP contribution >= 0.6 is 0 Å². The number of rotatable bonds is 4. The third-order valence-electron chi connectivity index (χ3n) is 5.16. The van der Waals surface area contributed by atoms with Crippen molar-refractivity contribution < 1.29 is 19.1 Å². The maximum atomic E-state index is 12.7. The van der Waals surface area contributed by atoms with Crippen LogP contribution < -0.4 is 15.4 Å². The Labute approximate surface area is 174 Å². The van der Waals surface area contributed by atoms with Crippen LogP contribution in [0.25, 0.3) is 0 Å². The highest BCUT2D eigenvalue weighted by molar-refractivity contribution is 6.00. The van der Waals surface area contributed by atoms with E-state index < -0.39 is 12.1 Å². The van der Waals surface area contributed by atoms with Gasteiger partial charge in [-0.15, -0.1) is 0 Å². The summed E-state index contributed by atoms with van der Waals surface area (Å²) in [4.78, 5) is 26.5. The molecule has 3 aromatic carbocycles. The van der Waals surface area contributed by atoms with Gasteiger partial charge in [-0.3, -0.25) is 9.69 Å². The summed E-state index contributed by atoms with van der Waals surface area (Å²) in [6, 6.07) is 21.6. The highest BCUT2D eigenvalue weighted by Gasteiger charge is 2.31. The van der Waals surface area contributed by atoms with Crippen LogP contribution in [0.2, 0.25) is 0 Å². The van der Waals surface area contributed by atoms with E-state index in [1.165, 1.54) is 4.90 Å². The van der Waals surface area contributed by atoms with Gasteiger partial charge in [-0.1, -0.05) is 48.5 Å². The zero-order chi connectivity index (χ0) is 21.1. The number of anilines is 2. The van der Waals surface area contributed by atoms with Crippen molar-refractivity contribution in [3.63, 3.8) is 0 Å². The predicted octanol–water partition coefficient (Wildman–Crippen LogP) is 4.30. The first-order chi connectivity index (χ1) is 14.6. The number of fused-ring (bicyclic) bond motifs is 2. The van der Waals surface area contributed by atoms with E-state index in [0.717, 1.165) is 22.4 Å². The lowest BCUT2D eigenvalue weighted by atomic mass is 10.0. The Hall–Kier alpha value is -3.80. The van der Waals surface area contributed by atoms with Crippen LogP contribution in [0.4, 0.5) is 16.2 Å². The number of para-hydroxylation sites is 2. The number of hydrogen-bond donors (Lipinski definition) is 1. The Morgan fingerprint density at radius 2 is 1.63 bits per heavy atom. The number of amides is 2. The third-order valence-corrected chi connectivity index (χ3v) is 5.16. The van der Waals surface area contributed by atoms with Gasteiger partial charge < -0.3 is 15.2 Å². The second-order valence-corrected chi connectivity index (χ2v) is 7.07. The van der Waals surface area contributed by atoms with E-state index in [2.05, 4.69) is 0 Å². The van der Waals surface area contributed by atoms with Gasteiger partial charge in [0.25, 0.3) is 0 Å². The highest BCUT2D eigenvalue weighted by Crippen LogP contribution is 2.41. The van der Waals surface area contributed by atoms with E-state index in [1.54, 1.807) is 7.11 Å². The smallest absolute Gasteiger partial charge is 0.323 e. The van der Waals surface area contributed by atoms with Crippen molar-refractivity contribution in [3.05, 3.63) is 89.5 Å². The fourth-order valence-corrected chi connectivity index (χ4v) is 3.76. The van der Waals surface area contributed by atoms with Gasteiger partial charge in [0.05, 0.1) is 24.9 Å². The van der Waals surface area contributed by atoms with Gasteiger partial charge in [0.1, 0.15) is 11.9 Å². The minimum atomic E-state index is -0.583. The molecule has 6 heteroatoms. The monoisotopic (exact) mass is 402 g/mol. The van der Waals surface area contributed by atoms with Gasteiger partial charge in [-0.05, 0) is 35.4 Å². The van der Waals surface area contributed by atoms with Crippen molar-refractivity contribution >= 4 is 23.4 Å². The summed E-state index contributed by atoms with van der Waals surface area (Å²) < 4.78 is 11.0. The average Bonchev–Trinajstić information content (AvgIpc) is 2.88. The molecule has 2 amide bonds. The van der Waals surface area contributed by atoms with Crippen LogP contribution in [-0.2, 0) is 22.4 Å². The molecular weight excluding hydrogens is 380 g/mol. The van der Waals surface area contributed by atoms with Gasteiger partial charge in [0, 0.05) is 12.0 Å². The lowest BCUT2D eigenvalue weighted by Gasteiger charge is -2.23. The molecule has 4 rings (SSSR count). The van der Waals surface area contributed by atoms with E-state index in [-0.39, 0.29) is 12.4 Å². The number of benzene rings is 3. The molecule has 1 atom stereocenters. The first kappa shape index (κ1) is 19.5. The predicted molar refractivity (Wildman–Crippen MR) is 114 cm³/mol. The van der Waals surface area contributed by atoms with Gasteiger partial charge in [-0.25, -0.2) is 4.79 Å². The standard InChI is InChI=1S/C24H22N2O4/c1-29-18-12-10-16(11-13-18)14-23(27)30-22-15-17-6-2-4-8-20(17)26(24(25)28)21-9-5-3-7-19(21)22/h2-13,22H,14-15H2,1H3,(H2,25,28)/t22-/m0/s1. The van der Waals surface area contributed by atoms with Gasteiger partial charge >= 0.3 is 12.0 Å². The number of carbonyl (C=O) groups excluding carboxylic acids is 2. The average molecular weight is 402 g/mol. The van der Waals surface area contributed by atoms with Crippen molar-refractivity contribution in [2.24, 2.45) is 5.73 Å².